The van der Waals surface area contributed by atoms with Gasteiger partial charge in [-0.05, 0) is 12.8 Å². The van der Waals surface area contributed by atoms with Gasteiger partial charge in [-0.15, -0.1) is 12.4 Å². The van der Waals surface area contributed by atoms with Crippen molar-refractivity contribution >= 4 is 28.2 Å². The molecule has 0 fully saturated rings. The van der Waals surface area contributed by atoms with Crippen molar-refractivity contribution in [2.75, 3.05) is 5.75 Å². The van der Waals surface area contributed by atoms with Crippen LogP contribution in [0.2, 0.25) is 0 Å². The van der Waals surface area contributed by atoms with Crippen LogP contribution in [0, 0.1) is 0 Å². The summed E-state index contributed by atoms with van der Waals surface area (Å²) in [5.74, 6) is -1.28. The van der Waals surface area contributed by atoms with Crippen LogP contribution >= 0.6 is 12.4 Å². The Morgan fingerprint density at radius 2 is 1.62 bits per heavy atom. The first-order valence-corrected chi connectivity index (χ1v) is 7.09. The fourth-order valence-electron chi connectivity index (χ4n) is 1.54. The molecule has 0 aliphatic rings. The zero-order chi connectivity index (χ0) is 11.9. The number of carbonyl (C=O) groups is 1. The molecule has 0 saturated heterocycles. The molecule has 16 heavy (non-hydrogen) atoms. The number of hydrogen-bond donors (Lipinski definition) is 1. The zero-order valence-corrected chi connectivity index (χ0v) is 11.4. The highest BCUT2D eigenvalue weighted by Gasteiger charge is 2.24. The predicted molar refractivity (Wildman–Crippen MR) is 66.9 cm³/mol. The van der Waals surface area contributed by atoms with Crippen molar-refractivity contribution < 1.29 is 18.3 Å². The van der Waals surface area contributed by atoms with Crippen molar-refractivity contribution in [2.24, 2.45) is 0 Å². The van der Waals surface area contributed by atoms with Gasteiger partial charge in [0.15, 0.2) is 9.84 Å². The summed E-state index contributed by atoms with van der Waals surface area (Å²) in [5.41, 5.74) is 0. The second-order valence-electron chi connectivity index (χ2n) is 3.71. The second kappa shape index (κ2) is 8.82. The first-order valence-electron chi connectivity index (χ1n) is 5.37. The normalized spacial score (nSPS) is 11.2. The van der Waals surface area contributed by atoms with E-state index in [1.165, 1.54) is 0 Å². The highest BCUT2D eigenvalue weighted by Crippen LogP contribution is 2.16. The Labute approximate surface area is 104 Å². The van der Waals surface area contributed by atoms with Crippen LogP contribution in [-0.4, -0.2) is 30.5 Å². The van der Waals surface area contributed by atoms with Crippen molar-refractivity contribution in [3.8, 4) is 0 Å². The van der Waals surface area contributed by atoms with Crippen molar-refractivity contribution in [3.63, 3.8) is 0 Å². The van der Waals surface area contributed by atoms with E-state index in [9.17, 15) is 13.2 Å². The Balaban J connectivity index is 0. The van der Waals surface area contributed by atoms with E-state index in [0.29, 0.717) is 12.8 Å². The third kappa shape index (κ3) is 7.06. The Kier molecular flexibility index (Phi) is 9.96. The molecule has 0 aliphatic heterocycles. The summed E-state index contributed by atoms with van der Waals surface area (Å²) in [5, 5.41) is 8.10. The van der Waals surface area contributed by atoms with E-state index >= 15 is 0 Å². The molecule has 4 nitrogen and oxygen atoms in total. The molecule has 0 bridgehead atoms. The Morgan fingerprint density at radius 3 is 1.94 bits per heavy atom. The molecule has 0 aromatic carbocycles. The van der Waals surface area contributed by atoms with Gasteiger partial charge in [-0.25, -0.2) is 8.42 Å². The van der Waals surface area contributed by atoms with E-state index in [0.717, 1.165) is 12.8 Å². The molecule has 0 aliphatic carbocycles. The standard InChI is InChI=1S/C10H20O4S.ClH/c1-3-5-9(6-4-2)15(13,14)8-7-10(11)12;/h9H,3-8H2,1-2H3,(H,11,12);1H. The molecule has 0 spiro atoms. The lowest BCUT2D eigenvalue weighted by atomic mass is 10.2. The summed E-state index contributed by atoms with van der Waals surface area (Å²) in [6.45, 7) is 3.88. The largest absolute Gasteiger partial charge is 0.481 e. The number of halogens is 1. The summed E-state index contributed by atoms with van der Waals surface area (Å²) in [6, 6.07) is 0. The Bertz CT molecular complexity index is 281. The first-order chi connectivity index (χ1) is 6.94. The minimum atomic E-state index is -3.22. The number of carboxylic acids is 1. The van der Waals surface area contributed by atoms with Gasteiger partial charge in [0.2, 0.25) is 0 Å². The molecule has 0 aromatic heterocycles. The maximum Gasteiger partial charge on any atom is 0.304 e. The number of carboxylic acid groups (broad SMARTS) is 1. The number of hydrogen-bond acceptors (Lipinski definition) is 3. The minimum absolute atomic E-state index is 0. The topological polar surface area (TPSA) is 71.4 Å². The molecule has 0 atom stereocenters. The molecule has 0 unspecified atom stereocenters. The Morgan fingerprint density at radius 1 is 1.19 bits per heavy atom. The second-order valence-corrected chi connectivity index (χ2v) is 6.11. The number of rotatable bonds is 8. The SMILES string of the molecule is CCCC(CCC)S(=O)(=O)CCC(=O)O.Cl. The monoisotopic (exact) mass is 272 g/mol. The molecule has 6 heteroatoms. The van der Waals surface area contributed by atoms with Gasteiger partial charge in [-0.1, -0.05) is 26.7 Å². The Hall–Kier alpha value is -0.290. The van der Waals surface area contributed by atoms with Crippen molar-refractivity contribution in [1.29, 1.82) is 0 Å². The summed E-state index contributed by atoms with van der Waals surface area (Å²) in [4.78, 5) is 10.3. The maximum absolute atomic E-state index is 11.8. The quantitative estimate of drug-likeness (QED) is 0.736. The average molecular weight is 273 g/mol. The van der Waals surface area contributed by atoms with Crippen LogP contribution in [0.1, 0.15) is 46.0 Å². The van der Waals surface area contributed by atoms with Gasteiger partial charge in [-0.2, -0.15) is 0 Å². The van der Waals surface area contributed by atoms with E-state index in [-0.39, 0.29) is 29.8 Å². The smallest absolute Gasteiger partial charge is 0.304 e. The number of aliphatic carboxylic acids is 1. The van der Waals surface area contributed by atoms with E-state index < -0.39 is 15.8 Å². The molecule has 0 aromatic rings. The van der Waals surface area contributed by atoms with E-state index in [1.54, 1.807) is 0 Å². The third-order valence-electron chi connectivity index (χ3n) is 2.33. The summed E-state index contributed by atoms with van der Waals surface area (Å²) in [7, 11) is -3.22. The molecule has 98 valence electrons. The predicted octanol–water partition coefficient (Wildman–Crippen LogP) is 2.27. The van der Waals surface area contributed by atoms with Gasteiger partial charge in [-0.3, -0.25) is 4.79 Å². The third-order valence-corrected chi connectivity index (χ3v) is 4.59. The first kappa shape index (κ1) is 18.1. The van der Waals surface area contributed by atoms with Crippen molar-refractivity contribution in [1.82, 2.24) is 0 Å². The van der Waals surface area contributed by atoms with Crippen LogP contribution in [0.25, 0.3) is 0 Å². The molecule has 1 N–H and O–H groups in total. The van der Waals surface area contributed by atoms with E-state index in [4.69, 9.17) is 5.11 Å². The van der Waals surface area contributed by atoms with Crippen molar-refractivity contribution in [2.45, 2.75) is 51.2 Å². The van der Waals surface area contributed by atoms with Crippen LogP contribution in [0.5, 0.6) is 0 Å². The molecule has 0 saturated carbocycles. The van der Waals surface area contributed by atoms with Gasteiger partial charge < -0.3 is 5.11 Å². The minimum Gasteiger partial charge on any atom is -0.481 e. The summed E-state index contributed by atoms with van der Waals surface area (Å²) in [6.07, 6.45) is 2.62. The lowest BCUT2D eigenvalue weighted by Crippen LogP contribution is -2.25. The fourth-order valence-corrected chi connectivity index (χ4v) is 3.53. The zero-order valence-electron chi connectivity index (χ0n) is 9.81. The molecule has 0 amide bonds. The van der Waals surface area contributed by atoms with E-state index in [2.05, 4.69) is 0 Å². The molecule has 0 heterocycles. The average Bonchev–Trinajstić information content (AvgIpc) is 2.15. The molecular formula is C10H21ClO4S. The molecule has 0 radical (unpaired) electrons. The lowest BCUT2D eigenvalue weighted by Gasteiger charge is -2.15. The van der Waals surface area contributed by atoms with Gasteiger partial charge in [0.1, 0.15) is 0 Å². The summed E-state index contributed by atoms with van der Waals surface area (Å²) >= 11 is 0. The highest BCUT2D eigenvalue weighted by atomic mass is 35.5. The van der Waals surface area contributed by atoms with Crippen molar-refractivity contribution in [3.05, 3.63) is 0 Å². The maximum atomic E-state index is 11.8. The van der Waals surface area contributed by atoms with Crippen LogP contribution in [0.4, 0.5) is 0 Å². The van der Waals surface area contributed by atoms with Gasteiger partial charge in [0, 0.05) is 0 Å². The van der Waals surface area contributed by atoms with Gasteiger partial charge in [0.25, 0.3) is 0 Å². The highest BCUT2D eigenvalue weighted by molar-refractivity contribution is 7.92. The van der Waals surface area contributed by atoms with Crippen LogP contribution in [-0.2, 0) is 14.6 Å². The lowest BCUT2D eigenvalue weighted by molar-refractivity contribution is -0.136. The summed E-state index contributed by atoms with van der Waals surface area (Å²) < 4.78 is 23.5. The molecule has 0 rings (SSSR count). The van der Waals surface area contributed by atoms with Crippen LogP contribution in [0.3, 0.4) is 0 Å². The van der Waals surface area contributed by atoms with Gasteiger partial charge >= 0.3 is 5.97 Å². The fraction of sp³-hybridized carbons (Fsp3) is 0.900. The van der Waals surface area contributed by atoms with Crippen LogP contribution in [0.15, 0.2) is 0 Å². The number of sulfone groups is 1. The van der Waals surface area contributed by atoms with E-state index in [1.807, 2.05) is 13.8 Å². The molecular weight excluding hydrogens is 252 g/mol. The van der Waals surface area contributed by atoms with Crippen LogP contribution < -0.4 is 0 Å². The van der Waals surface area contributed by atoms with Gasteiger partial charge in [0.05, 0.1) is 17.4 Å².